The molecule has 0 unspecified atom stereocenters. The zero-order valence-corrected chi connectivity index (χ0v) is 10.7. The molecule has 0 N–H and O–H groups in total. The van der Waals surface area contributed by atoms with Gasteiger partial charge >= 0.3 is 0 Å². The predicted molar refractivity (Wildman–Crippen MR) is 56.8 cm³/mol. The molecule has 0 atom stereocenters. The molecule has 0 nitrogen and oxygen atoms in total. The maximum absolute atomic E-state index is 13.1. The quantitative estimate of drug-likeness (QED) is 0.436. The minimum absolute atomic E-state index is 0.00547. The number of halogens is 6. The molecule has 0 spiro atoms. The third-order valence-electron chi connectivity index (χ3n) is 1.16. The Morgan fingerprint density at radius 1 is 0.833 bits per heavy atom. The Morgan fingerprint density at radius 2 is 1.33 bits per heavy atom. The summed E-state index contributed by atoms with van der Waals surface area (Å²) in [5.74, 6) is -0.627. The Morgan fingerprint density at radius 3 is 1.83 bits per heavy atom. The van der Waals surface area contributed by atoms with E-state index in [0.29, 0.717) is 4.47 Å². The molecule has 0 heterocycles. The van der Waals surface area contributed by atoms with Crippen LogP contribution in [0.15, 0.2) is 8.95 Å². The lowest BCUT2D eigenvalue weighted by molar-refractivity contribution is 0.620. The van der Waals surface area contributed by atoms with Crippen LogP contribution in [0.1, 0.15) is 0 Å². The third-order valence-corrected chi connectivity index (χ3v) is 4.76. The molecule has 0 aliphatic carbocycles. The molecule has 0 fully saturated rings. The summed E-state index contributed by atoms with van der Waals surface area (Å²) in [5, 5.41) is 0.0117. The average molecular weight is 357 g/mol. The van der Waals surface area contributed by atoms with E-state index >= 15 is 0 Å². The maximum Gasteiger partial charge on any atom is 0.158 e. The summed E-state index contributed by atoms with van der Waals surface area (Å²) < 4.78 is 13.6. The van der Waals surface area contributed by atoms with Crippen molar-refractivity contribution < 1.29 is 4.39 Å². The Balaban J connectivity index is 3.60. The minimum atomic E-state index is -0.627. The molecular formula is C6Br2Cl3F. The van der Waals surface area contributed by atoms with Crippen molar-refractivity contribution in [3.63, 3.8) is 0 Å². The first-order chi connectivity index (χ1) is 5.46. The summed E-state index contributed by atoms with van der Waals surface area (Å²) >= 11 is 22.8. The van der Waals surface area contributed by atoms with E-state index < -0.39 is 5.82 Å². The molecule has 0 aliphatic rings. The van der Waals surface area contributed by atoms with Crippen LogP contribution >= 0.6 is 66.7 Å². The van der Waals surface area contributed by atoms with Crippen molar-refractivity contribution in [3.05, 3.63) is 29.8 Å². The monoisotopic (exact) mass is 354 g/mol. The van der Waals surface area contributed by atoms with Gasteiger partial charge < -0.3 is 0 Å². The van der Waals surface area contributed by atoms with Crippen LogP contribution in [0.4, 0.5) is 4.39 Å². The fourth-order valence-corrected chi connectivity index (χ4v) is 2.29. The number of hydrogen-bond acceptors (Lipinski definition) is 0. The van der Waals surface area contributed by atoms with Gasteiger partial charge in [-0.1, -0.05) is 34.8 Å². The Kier molecular flexibility index (Phi) is 3.69. The van der Waals surface area contributed by atoms with E-state index in [1.165, 1.54) is 0 Å². The van der Waals surface area contributed by atoms with Gasteiger partial charge in [0.15, 0.2) is 5.82 Å². The van der Waals surface area contributed by atoms with E-state index in [2.05, 4.69) is 31.9 Å². The number of hydrogen-bond donors (Lipinski definition) is 0. The van der Waals surface area contributed by atoms with Crippen molar-refractivity contribution in [2.24, 2.45) is 0 Å². The Hall–Kier alpha value is 0.980. The van der Waals surface area contributed by atoms with Gasteiger partial charge in [0, 0.05) is 0 Å². The van der Waals surface area contributed by atoms with E-state index in [9.17, 15) is 4.39 Å². The van der Waals surface area contributed by atoms with Gasteiger partial charge in [-0.05, 0) is 31.9 Å². The van der Waals surface area contributed by atoms with Crippen molar-refractivity contribution in [2.45, 2.75) is 0 Å². The first-order valence-corrected chi connectivity index (χ1v) is 5.35. The lowest BCUT2D eigenvalue weighted by Crippen LogP contribution is -1.85. The van der Waals surface area contributed by atoms with Gasteiger partial charge in [0.1, 0.15) is 0 Å². The predicted octanol–water partition coefficient (Wildman–Crippen LogP) is 5.31. The molecule has 0 radical (unpaired) electrons. The van der Waals surface area contributed by atoms with Gasteiger partial charge in [0.2, 0.25) is 0 Å². The third kappa shape index (κ3) is 1.75. The van der Waals surface area contributed by atoms with Crippen molar-refractivity contribution >= 4 is 66.7 Å². The SMILES string of the molecule is Fc1c(Cl)c(Cl)c(Cl)c(Br)c1Br. The van der Waals surface area contributed by atoms with Crippen LogP contribution < -0.4 is 0 Å². The van der Waals surface area contributed by atoms with Crippen molar-refractivity contribution in [1.29, 1.82) is 0 Å². The highest BCUT2D eigenvalue weighted by molar-refractivity contribution is 9.13. The minimum Gasteiger partial charge on any atom is -0.204 e. The standard InChI is InChI=1S/C6Br2Cl3F/c7-1-2(8)6(12)5(11)4(10)3(1)9. The van der Waals surface area contributed by atoms with Gasteiger partial charge in [0.25, 0.3) is 0 Å². The summed E-state index contributed by atoms with van der Waals surface area (Å²) in [7, 11) is 0. The first-order valence-electron chi connectivity index (χ1n) is 2.63. The van der Waals surface area contributed by atoms with E-state index in [-0.39, 0.29) is 19.5 Å². The zero-order valence-electron chi connectivity index (χ0n) is 5.27. The lowest BCUT2D eigenvalue weighted by atomic mass is 10.3. The Labute approximate surface area is 100 Å². The van der Waals surface area contributed by atoms with Crippen LogP contribution in [0.5, 0.6) is 0 Å². The summed E-state index contributed by atoms with van der Waals surface area (Å²) in [6.07, 6.45) is 0. The molecule has 1 aromatic carbocycles. The van der Waals surface area contributed by atoms with Crippen LogP contribution in [0, 0.1) is 5.82 Å². The highest BCUT2D eigenvalue weighted by Crippen LogP contribution is 2.42. The van der Waals surface area contributed by atoms with Gasteiger partial charge in [-0.3, -0.25) is 0 Å². The number of benzene rings is 1. The zero-order chi connectivity index (χ0) is 9.46. The van der Waals surface area contributed by atoms with E-state index in [4.69, 9.17) is 34.8 Å². The summed E-state index contributed by atoms with van der Waals surface area (Å²) in [4.78, 5) is 0. The fraction of sp³-hybridized carbons (Fsp3) is 0. The van der Waals surface area contributed by atoms with Gasteiger partial charge in [0.05, 0.1) is 24.0 Å². The molecule has 1 rings (SSSR count). The summed E-state index contributed by atoms with van der Waals surface area (Å²) in [6, 6.07) is 0. The van der Waals surface area contributed by atoms with E-state index in [0.717, 1.165) is 0 Å². The highest BCUT2D eigenvalue weighted by atomic mass is 79.9. The molecule has 0 saturated carbocycles. The molecule has 6 heteroatoms. The van der Waals surface area contributed by atoms with Crippen LogP contribution in [0.3, 0.4) is 0 Å². The maximum atomic E-state index is 13.1. The summed E-state index contributed by atoms with van der Waals surface area (Å²) in [6.45, 7) is 0. The first kappa shape index (κ1) is 11.1. The van der Waals surface area contributed by atoms with Crippen LogP contribution in [-0.2, 0) is 0 Å². The molecule has 0 aliphatic heterocycles. The highest BCUT2D eigenvalue weighted by Gasteiger charge is 2.17. The van der Waals surface area contributed by atoms with E-state index in [1.54, 1.807) is 0 Å². The van der Waals surface area contributed by atoms with Crippen molar-refractivity contribution in [3.8, 4) is 0 Å². The fourth-order valence-electron chi connectivity index (χ4n) is 0.578. The van der Waals surface area contributed by atoms with Crippen LogP contribution in [-0.4, -0.2) is 0 Å². The molecule has 1 aromatic rings. The topological polar surface area (TPSA) is 0 Å². The van der Waals surface area contributed by atoms with Crippen LogP contribution in [0.2, 0.25) is 15.1 Å². The normalized spacial score (nSPS) is 10.5. The van der Waals surface area contributed by atoms with Gasteiger partial charge in [-0.25, -0.2) is 4.39 Å². The molecule has 0 aromatic heterocycles. The van der Waals surface area contributed by atoms with Gasteiger partial charge in [-0.15, -0.1) is 0 Å². The largest absolute Gasteiger partial charge is 0.204 e. The second-order valence-electron chi connectivity index (χ2n) is 1.88. The Bertz CT molecular complexity index is 235. The molecule has 66 valence electrons. The molecule has 0 amide bonds. The second kappa shape index (κ2) is 4.01. The van der Waals surface area contributed by atoms with Crippen LogP contribution in [0.25, 0.3) is 0 Å². The lowest BCUT2D eigenvalue weighted by Gasteiger charge is -2.05. The average Bonchev–Trinajstić information content (AvgIpc) is 2.08. The molecule has 12 heavy (non-hydrogen) atoms. The molecule has 0 bridgehead atoms. The summed E-state index contributed by atoms with van der Waals surface area (Å²) in [5.41, 5.74) is 0. The number of rotatable bonds is 0. The smallest absolute Gasteiger partial charge is 0.158 e. The van der Waals surface area contributed by atoms with E-state index in [1.807, 2.05) is 0 Å². The van der Waals surface area contributed by atoms with Crippen molar-refractivity contribution in [1.82, 2.24) is 0 Å². The molecule has 0 saturated heterocycles. The van der Waals surface area contributed by atoms with Crippen molar-refractivity contribution in [2.75, 3.05) is 0 Å². The molecular weight excluding hydrogens is 357 g/mol. The second-order valence-corrected chi connectivity index (χ2v) is 4.60. The van der Waals surface area contributed by atoms with Gasteiger partial charge in [-0.2, -0.15) is 0 Å².